The van der Waals surface area contributed by atoms with Crippen LogP contribution in [0.1, 0.15) is 18.1 Å². The van der Waals surface area contributed by atoms with Crippen molar-refractivity contribution in [3.63, 3.8) is 0 Å². The Hall–Kier alpha value is -2.61. The molecule has 1 atom stereocenters. The summed E-state index contributed by atoms with van der Waals surface area (Å²) >= 11 is 1.18. The van der Waals surface area contributed by atoms with E-state index in [2.05, 4.69) is 4.98 Å². The zero-order chi connectivity index (χ0) is 17.0. The molecule has 0 radical (unpaired) electrons. The fourth-order valence-corrected chi connectivity index (χ4v) is 2.86. The average molecular weight is 328 g/mol. The predicted octanol–water partition coefficient (Wildman–Crippen LogP) is 2.69. The van der Waals surface area contributed by atoms with E-state index in [1.807, 2.05) is 12.1 Å². The number of nitrogens with two attached hydrogens (primary N) is 1. The second-order valence-electron chi connectivity index (χ2n) is 4.82. The van der Waals surface area contributed by atoms with Crippen molar-refractivity contribution in [1.29, 1.82) is 10.5 Å². The van der Waals surface area contributed by atoms with Crippen LogP contribution in [0.5, 0.6) is 0 Å². The zero-order valence-electron chi connectivity index (χ0n) is 12.2. The number of rotatable bonds is 4. The number of hydrogen-bond donors (Lipinski definition) is 2. The molecule has 0 saturated carbocycles. The van der Waals surface area contributed by atoms with E-state index < -0.39 is 11.9 Å². The summed E-state index contributed by atoms with van der Waals surface area (Å²) < 4.78 is 13.1. The highest BCUT2D eigenvalue weighted by Gasteiger charge is 2.20. The molecular formula is C16H13FN4OS. The van der Waals surface area contributed by atoms with Crippen molar-refractivity contribution in [2.75, 3.05) is 11.5 Å². The van der Waals surface area contributed by atoms with E-state index in [9.17, 15) is 20.0 Å². The van der Waals surface area contributed by atoms with Gasteiger partial charge in [-0.1, -0.05) is 12.1 Å². The van der Waals surface area contributed by atoms with Gasteiger partial charge in [0.25, 0.3) is 0 Å². The Bertz CT molecular complexity index is 807. The number of nitrogens with zero attached hydrogens (tertiary/aromatic N) is 3. The third-order valence-corrected chi connectivity index (χ3v) is 4.23. The minimum absolute atomic E-state index is 0.00100. The summed E-state index contributed by atoms with van der Waals surface area (Å²) in [7, 11) is 0. The van der Waals surface area contributed by atoms with Crippen molar-refractivity contribution in [2.24, 2.45) is 0 Å². The van der Waals surface area contributed by atoms with Gasteiger partial charge in [0.15, 0.2) is 0 Å². The van der Waals surface area contributed by atoms with Gasteiger partial charge in [0, 0.05) is 11.3 Å². The fraction of sp³-hybridized carbons (Fsp3) is 0.188. The Morgan fingerprint density at radius 2 is 1.87 bits per heavy atom. The van der Waals surface area contributed by atoms with E-state index in [-0.39, 0.29) is 16.9 Å². The zero-order valence-corrected chi connectivity index (χ0v) is 13.1. The van der Waals surface area contributed by atoms with E-state index in [4.69, 9.17) is 5.73 Å². The molecule has 0 saturated heterocycles. The first-order chi connectivity index (χ1) is 11.0. The largest absolute Gasteiger partial charge is 0.393 e. The number of hydrogen-bond acceptors (Lipinski definition) is 6. The van der Waals surface area contributed by atoms with Gasteiger partial charge in [0.05, 0.1) is 11.7 Å². The Labute approximate surface area is 137 Å². The van der Waals surface area contributed by atoms with Crippen LogP contribution in [0, 0.1) is 28.5 Å². The van der Waals surface area contributed by atoms with Gasteiger partial charge in [-0.25, -0.2) is 9.37 Å². The Kier molecular flexibility index (Phi) is 5.17. The number of thioether (sulfide) groups is 1. The standard InChI is InChI=1S/C16H13FN4OS/c1-9(22)8-23-16-13(7-19)14(12(6-18)15(20)21-16)10-2-4-11(17)5-3-10/h2-5,9,22H,8H2,1H3,(H2,20,21). The third-order valence-electron chi connectivity index (χ3n) is 3.01. The van der Waals surface area contributed by atoms with Crippen LogP contribution in [0.3, 0.4) is 0 Å². The van der Waals surface area contributed by atoms with E-state index in [0.29, 0.717) is 21.9 Å². The van der Waals surface area contributed by atoms with Crippen molar-refractivity contribution in [2.45, 2.75) is 18.1 Å². The topological polar surface area (TPSA) is 107 Å². The summed E-state index contributed by atoms with van der Waals surface area (Å²) in [4.78, 5) is 4.10. The van der Waals surface area contributed by atoms with Crippen LogP contribution in [-0.2, 0) is 0 Å². The minimum Gasteiger partial charge on any atom is -0.393 e. The third kappa shape index (κ3) is 3.59. The number of nitrogen functional groups attached to an aromatic ring is 1. The van der Waals surface area contributed by atoms with Gasteiger partial charge in [0.2, 0.25) is 0 Å². The van der Waals surface area contributed by atoms with Crippen LogP contribution in [0.4, 0.5) is 10.2 Å². The summed E-state index contributed by atoms with van der Waals surface area (Å²) in [5.74, 6) is -0.0917. The second kappa shape index (κ2) is 7.10. The summed E-state index contributed by atoms with van der Waals surface area (Å²) in [5.41, 5.74) is 6.94. The maximum absolute atomic E-state index is 13.1. The van der Waals surface area contributed by atoms with Gasteiger partial charge in [-0.2, -0.15) is 10.5 Å². The first-order valence-electron chi connectivity index (χ1n) is 6.68. The highest BCUT2D eigenvalue weighted by Crippen LogP contribution is 2.35. The minimum atomic E-state index is -0.584. The first-order valence-corrected chi connectivity index (χ1v) is 7.67. The lowest BCUT2D eigenvalue weighted by Crippen LogP contribution is -2.07. The van der Waals surface area contributed by atoms with Gasteiger partial charge in [-0.05, 0) is 24.6 Å². The van der Waals surface area contributed by atoms with Crippen molar-refractivity contribution in [3.05, 3.63) is 41.2 Å². The molecule has 1 aromatic heterocycles. The number of benzene rings is 1. The number of nitriles is 2. The van der Waals surface area contributed by atoms with E-state index in [0.717, 1.165) is 0 Å². The molecule has 116 valence electrons. The predicted molar refractivity (Wildman–Crippen MR) is 85.9 cm³/mol. The van der Waals surface area contributed by atoms with Gasteiger partial charge in [0.1, 0.15) is 34.4 Å². The molecule has 1 unspecified atom stereocenters. The number of halogens is 1. The van der Waals surface area contributed by atoms with Crippen LogP contribution in [-0.4, -0.2) is 21.9 Å². The number of aliphatic hydroxyl groups is 1. The molecule has 0 aliphatic rings. The average Bonchev–Trinajstić information content (AvgIpc) is 2.53. The maximum atomic E-state index is 13.1. The summed E-state index contributed by atoms with van der Waals surface area (Å²) in [6.45, 7) is 1.62. The highest BCUT2D eigenvalue weighted by molar-refractivity contribution is 7.99. The highest BCUT2D eigenvalue weighted by atomic mass is 32.2. The van der Waals surface area contributed by atoms with E-state index >= 15 is 0 Å². The summed E-state index contributed by atoms with van der Waals surface area (Å²) in [6, 6.07) is 9.45. The molecule has 2 aromatic rings. The molecule has 1 heterocycles. The van der Waals surface area contributed by atoms with Gasteiger partial charge in [-0.15, -0.1) is 11.8 Å². The smallest absolute Gasteiger partial charge is 0.143 e. The van der Waals surface area contributed by atoms with E-state index in [1.54, 1.807) is 6.92 Å². The Morgan fingerprint density at radius 1 is 1.26 bits per heavy atom. The van der Waals surface area contributed by atoms with Crippen LogP contribution in [0.2, 0.25) is 0 Å². The molecule has 7 heteroatoms. The van der Waals surface area contributed by atoms with Crippen LogP contribution >= 0.6 is 11.8 Å². The normalized spacial score (nSPS) is 11.5. The number of aromatic nitrogens is 1. The number of aliphatic hydroxyl groups excluding tert-OH is 1. The SMILES string of the molecule is CC(O)CSc1nc(N)c(C#N)c(-c2ccc(F)cc2)c1C#N. The van der Waals surface area contributed by atoms with Crippen molar-refractivity contribution in [3.8, 4) is 23.3 Å². The van der Waals surface area contributed by atoms with Crippen LogP contribution in [0.15, 0.2) is 29.3 Å². The van der Waals surface area contributed by atoms with Gasteiger partial charge in [-0.3, -0.25) is 0 Å². The first kappa shape index (κ1) is 16.8. The molecule has 0 aliphatic heterocycles. The molecule has 23 heavy (non-hydrogen) atoms. The molecule has 0 aliphatic carbocycles. The fourth-order valence-electron chi connectivity index (χ4n) is 2.01. The number of anilines is 1. The maximum Gasteiger partial charge on any atom is 0.143 e. The van der Waals surface area contributed by atoms with Crippen LogP contribution < -0.4 is 5.73 Å². The monoisotopic (exact) mass is 328 g/mol. The molecule has 2 rings (SSSR count). The number of pyridine rings is 1. The molecule has 0 fully saturated rings. The van der Waals surface area contributed by atoms with Crippen molar-refractivity contribution >= 4 is 17.6 Å². The Morgan fingerprint density at radius 3 is 2.39 bits per heavy atom. The summed E-state index contributed by atoms with van der Waals surface area (Å²) in [5, 5.41) is 28.6. The Balaban J connectivity index is 2.69. The molecule has 3 N–H and O–H groups in total. The van der Waals surface area contributed by atoms with Gasteiger partial charge >= 0.3 is 0 Å². The molecule has 5 nitrogen and oxygen atoms in total. The lowest BCUT2D eigenvalue weighted by Gasteiger charge is -2.13. The lowest BCUT2D eigenvalue weighted by atomic mass is 9.97. The van der Waals surface area contributed by atoms with E-state index in [1.165, 1.54) is 36.0 Å². The molecule has 0 amide bonds. The molecule has 1 aromatic carbocycles. The lowest BCUT2D eigenvalue weighted by molar-refractivity contribution is 0.220. The van der Waals surface area contributed by atoms with Crippen molar-refractivity contribution in [1.82, 2.24) is 4.98 Å². The molecule has 0 bridgehead atoms. The second-order valence-corrected chi connectivity index (χ2v) is 5.83. The van der Waals surface area contributed by atoms with Crippen molar-refractivity contribution < 1.29 is 9.50 Å². The molecular weight excluding hydrogens is 315 g/mol. The quantitative estimate of drug-likeness (QED) is 0.836. The summed E-state index contributed by atoms with van der Waals surface area (Å²) in [6.07, 6.45) is -0.584. The van der Waals surface area contributed by atoms with Gasteiger partial charge < -0.3 is 10.8 Å². The molecule has 0 spiro atoms. The van der Waals surface area contributed by atoms with Crippen LogP contribution in [0.25, 0.3) is 11.1 Å².